The molecule has 2 amide bonds. The van der Waals surface area contributed by atoms with Crippen molar-refractivity contribution in [3.63, 3.8) is 0 Å². The van der Waals surface area contributed by atoms with Crippen molar-refractivity contribution in [3.8, 4) is 0 Å². The molecule has 0 spiro atoms. The number of β-lactam (4-membered cyclic amide) rings is 1. The lowest BCUT2D eigenvalue weighted by molar-refractivity contribution is -0.180. The molecule has 1 saturated heterocycles. The molecule has 0 aromatic heterocycles. The van der Waals surface area contributed by atoms with Gasteiger partial charge in [0.2, 0.25) is 5.91 Å². The van der Waals surface area contributed by atoms with E-state index in [1.54, 1.807) is 0 Å². The number of fused-ring (bicyclic) bond motifs is 1. The number of amides is 2. The quantitative estimate of drug-likeness (QED) is 0.355. The number of carboxylic acids is 1. The van der Waals surface area contributed by atoms with Crippen LogP contribution in [0.15, 0.2) is 35.6 Å². The Kier molecular flexibility index (Phi) is 6.45. The van der Waals surface area contributed by atoms with Gasteiger partial charge in [0.15, 0.2) is 9.04 Å². The number of aliphatic carboxylic acids is 1. The molecule has 3 atom stereocenters. The van der Waals surface area contributed by atoms with Crippen molar-refractivity contribution in [1.82, 2.24) is 9.80 Å². The topological polar surface area (TPSA) is 96.4 Å². The van der Waals surface area contributed by atoms with Crippen LogP contribution in [0, 0.1) is 11.3 Å². The van der Waals surface area contributed by atoms with Gasteiger partial charge in [-0.05, 0) is 43.0 Å². The van der Waals surface area contributed by atoms with Gasteiger partial charge in [0.1, 0.15) is 12.3 Å². The van der Waals surface area contributed by atoms with Crippen LogP contribution in [0.4, 0.5) is 4.79 Å². The molecule has 3 aliphatic rings. The highest BCUT2D eigenvalue weighted by molar-refractivity contribution is 6.48. The largest absolute Gasteiger partial charge is 0.477 e. The Morgan fingerprint density at radius 1 is 1.31 bits per heavy atom. The van der Waals surface area contributed by atoms with E-state index in [0.29, 0.717) is 18.5 Å². The van der Waals surface area contributed by atoms with E-state index < -0.39 is 32.6 Å². The number of nitrogens with zero attached hydrogens (tertiary/aromatic N) is 2. The molecule has 8 nitrogen and oxygen atoms in total. The summed E-state index contributed by atoms with van der Waals surface area (Å²) in [5, 5.41) is 9.95. The summed E-state index contributed by atoms with van der Waals surface area (Å²) in [6, 6.07) is -0.261. The van der Waals surface area contributed by atoms with Crippen LogP contribution in [0.1, 0.15) is 34.1 Å². The van der Waals surface area contributed by atoms with Crippen molar-refractivity contribution in [1.29, 1.82) is 0 Å². The fourth-order valence-electron chi connectivity index (χ4n) is 4.94. The number of hydrogen-bond acceptors (Lipinski definition) is 5. The van der Waals surface area contributed by atoms with Gasteiger partial charge >= 0.3 is 12.1 Å². The number of carbonyl (C=O) groups excluding carboxylic acids is 2. The summed E-state index contributed by atoms with van der Waals surface area (Å²) in [5.74, 6) is -1.74. The molecule has 3 heterocycles. The minimum Gasteiger partial charge on any atom is -0.477 e. The molecule has 9 heteroatoms. The first kappa shape index (κ1) is 24.3. The molecule has 0 bridgehead atoms. The Hall–Kier alpha value is -2.39. The van der Waals surface area contributed by atoms with E-state index in [9.17, 15) is 19.5 Å². The van der Waals surface area contributed by atoms with Gasteiger partial charge in [0, 0.05) is 13.1 Å². The SMILES string of the molecule is C=CCOC(=O)N1CC=C(C2=C(C(=O)O)N3C(=O)[C@H]([C@@](C)(O[SiH](C)C)C(C)(C)C)[C@H]3C2)C1. The van der Waals surface area contributed by atoms with Gasteiger partial charge in [0.25, 0.3) is 0 Å². The normalized spacial score (nSPS) is 24.8. The van der Waals surface area contributed by atoms with Crippen LogP contribution in [-0.2, 0) is 18.8 Å². The van der Waals surface area contributed by atoms with Crippen LogP contribution in [0.25, 0.3) is 0 Å². The Bertz CT molecular complexity index is 903. The zero-order chi connectivity index (χ0) is 24.0. The molecule has 3 aliphatic heterocycles. The summed E-state index contributed by atoms with van der Waals surface area (Å²) in [6.45, 7) is 16.6. The van der Waals surface area contributed by atoms with Gasteiger partial charge in [0.05, 0.1) is 17.6 Å². The molecule has 0 aromatic carbocycles. The van der Waals surface area contributed by atoms with E-state index in [1.807, 2.05) is 13.0 Å². The molecule has 1 fully saturated rings. The third-order valence-corrected chi connectivity index (χ3v) is 7.78. The van der Waals surface area contributed by atoms with Crippen LogP contribution >= 0.6 is 0 Å². The Morgan fingerprint density at radius 2 is 1.97 bits per heavy atom. The molecular weight excluding hydrogens is 428 g/mol. The molecule has 0 aliphatic carbocycles. The lowest BCUT2D eigenvalue weighted by atomic mass is 9.63. The van der Waals surface area contributed by atoms with Gasteiger partial charge in [-0.2, -0.15) is 0 Å². The maximum atomic E-state index is 13.3. The average Bonchev–Trinajstić information content (AvgIpc) is 3.27. The lowest BCUT2D eigenvalue weighted by Gasteiger charge is -2.57. The summed E-state index contributed by atoms with van der Waals surface area (Å²) in [4.78, 5) is 40.6. The van der Waals surface area contributed by atoms with Gasteiger partial charge in [-0.1, -0.05) is 39.5 Å². The number of carboxylic acid groups (broad SMARTS) is 1. The van der Waals surface area contributed by atoms with Crippen LogP contribution in [0.5, 0.6) is 0 Å². The Balaban J connectivity index is 1.87. The third kappa shape index (κ3) is 3.92. The monoisotopic (exact) mass is 462 g/mol. The number of ether oxygens (including phenoxy) is 1. The van der Waals surface area contributed by atoms with Crippen molar-refractivity contribution in [2.45, 2.75) is 58.9 Å². The van der Waals surface area contributed by atoms with Crippen molar-refractivity contribution >= 4 is 27.0 Å². The maximum Gasteiger partial charge on any atom is 0.410 e. The molecule has 176 valence electrons. The second kappa shape index (κ2) is 8.51. The average molecular weight is 463 g/mol. The molecule has 0 unspecified atom stereocenters. The number of rotatable bonds is 7. The maximum absolute atomic E-state index is 13.3. The minimum absolute atomic E-state index is 0.0295. The molecule has 0 aromatic rings. The highest BCUT2D eigenvalue weighted by Gasteiger charge is 2.64. The molecule has 3 rings (SSSR count). The van der Waals surface area contributed by atoms with Crippen molar-refractivity contribution in [2.75, 3.05) is 19.7 Å². The zero-order valence-electron chi connectivity index (χ0n) is 19.8. The number of carbonyl (C=O) groups is 3. The fraction of sp³-hybridized carbons (Fsp3) is 0.609. The smallest absolute Gasteiger partial charge is 0.410 e. The van der Waals surface area contributed by atoms with Crippen LogP contribution in [-0.4, -0.2) is 73.3 Å². The van der Waals surface area contributed by atoms with Gasteiger partial charge in [-0.25, -0.2) is 9.59 Å². The van der Waals surface area contributed by atoms with Crippen molar-refractivity contribution < 1.29 is 28.7 Å². The van der Waals surface area contributed by atoms with E-state index in [2.05, 4.69) is 40.4 Å². The second-order valence-electron chi connectivity index (χ2n) is 10.1. The Morgan fingerprint density at radius 3 is 2.50 bits per heavy atom. The second-order valence-corrected chi connectivity index (χ2v) is 12.4. The summed E-state index contributed by atoms with van der Waals surface area (Å²) in [7, 11) is -1.48. The highest BCUT2D eigenvalue weighted by atomic mass is 28.3. The zero-order valence-corrected chi connectivity index (χ0v) is 21.0. The molecular formula is C23H34N2O6Si. The molecule has 1 N–H and O–H groups in total. The fourth-order valence-corrected chi connectivity index (χ4v) is 6.42. The minimum atomic E-state index is -1.48. The van der Waals surface area contributed by atoms with Crippen LogP contribution < -0.4 is 0 Å². The Labute approximate surface area is 191 Å². The van der Waals surface area contributed by atoms with Crippen molar-refractivity contribution in [3.05, 3.63) is 35.6 Å². The van der Waals surface area contributed by atoms with Gasteiger partial charge in [-0.3, -0.25) is 4.79 Å². The van der Waals surface area contributed by atoms with E-state index in [-0.39, 0.29) is 36.2 Å². The van der Waals surface area contributed by atoms with E-state index in [1.165, 1.54) is 15.9 Å². The molecule has 0 saturated carbocycles. The predicted octanol–water partition coefficient (Wildman–Crippen LogP) is 2.93. The highest BCUT2D eigenvalue weighted by Crippen LogP contribution is 2.54. The summed E-state index contributed by atoms with van der Waals surface area (Å²) in [5.41, 5.74) is 0.406. The molecule has 0 radical (unpaired) electrons. The van der Waals surface area contributed by atoms with Crippen LogP contribution in [0.3, 0.4) is 0 Å². The summed E-state index contributed by atoms with van der Waals surface area (Å²) < 4.78 is 11.6. The summed E-state index contributed by atoms with van der Waals surface area (Å²) >= 11 is 0. The molecule has 32 heavy (non-hydrogen) atoms. The van der Waals surface area contributed by atoms with E-state index >= 15 is 0 Å². The van der Waals surface area contributed by atoms with Crippen molar-refractivity contribution in [2.24, 2.45) is 11.3 Å². The number of hydrogen-bond donors (Lipinski definition) is 1. The first-order valence-electron chi connectivity index (χ1n) is 11.0. The third-order valence-electron chi connectivity index (χ3n) is 6.82. The lowest BCUT2D eigenvalue weighted by Crippen LogP contribution is -2.70. The van der Waals surface area contributed by atoms with E-state index in [0.717, 1.165) is 5.57 Å². The van der Waals surface area contributed by atoms with E-state index in [4.69, 9.17) is 9.16 Å². The summed E-state index contributed by atoms with van der Waals surface area (Å²) in [6.07, 6.45) is 3.31. The predicted molar refractivity (Wildman–Crippen MR) is 122 cm³/mol. The standard InChI is InChI=1S/C23H34N2O6Si/c1-8-11-30-21(29)24-10-9-14(13-24)15-12-16-17(19(26)25(16)18(15)20(27)28)23(5,22(2,3)4)31-32(6)7/h8-9,16-17,32H,1,10-13H2,2-7H3,(H,27,28)/t16-,17-,23-/m1/s1. The van der Waals surface area contributed by atoms with Crippen LogP contribution in [0.2, 0.25) is 13.1 Å². The van der Waals surface area contributed by atoms with Gasteiger partial charge in [-0.15, -0.1) is 0 Å². The first-order chi connectivity index (χ1) is 14.8. The first-order valence-corrected chi connectivity index (χ1v) is 13.8. The van der Waals surface area contributed by atoms with Gasteiger partial charge < -0.3 is 24.1 Å².